The van der Waals surface area contributed by atoms with Crippen LogP contribution in [0.1, 0.15) is 5.56 Å². The normalized spacial score (nSPS) is 11.1. The van der Waals surface area contributed by atoms with Crippen molar-refractivity contribution >= 4 is 26.8 Å². The molecule has 96 valence electrons. The number of hydrogen-bond donors (Lipinski definition) is 0. The molecule has 3 rings (SSSR count). The van der Waals surface area contributed by atoms with Crippen LogP contribution in [0.4, 0.5) is 8.78 Å². The van der Waals surface area contributed by atoms with Gasteiger partial charge in [-0.3, -0.25) is 0 Å². The first-order valence-corrected chi connectivity index (χ1v) is 6.60. The third kappa shape index (κ3) is 2.54. The van der Waals surface area contributed by atoms with Crippen LogP contribution in [0.25, 0.3) is 10.9 Å². The average molecular weight is 322 g/mol. The molecule has 0 saturated heterocycles. The summed E-state index contributed by atoms with van der Waals surface area (Å²) in [7, 11) is 0. The Morgan fingerprint density at radius 2 is 1.79 bits per heavy atom. The van der Waals surface area contributed by atoms with Gasteiger partial charge in [-0.1, -0.05) is 15.9 Å². The molecule has 0 aliphatic heterocycles. The standard InChI is InChI=1S/C15H10BrF2N/c16-12-5-10(6-14(18)7-12)9-19-4-3-11-1-2-13(17)8-15(11)19/h1-8H,9H2. The minimum Gasteiger partial charge on any atom is -0.343 e. The lowest BCUT2D eigenvalue weighted by molar-refractivity contribution is 0.622. The van der Waals surface area contributed by atoms with Gasteiger partial charge in [0.15, 0.2) is 0 Å². The van der Waals surface area contributed by atoms with E-state index in [1.807, 2.05) is 22.9 Å². The maximum Gasteiger partial charge on any atom is 0.125 e. The summed E-state index contributed by atoms with van der Waals surface area (Å²) in [5.74, 6) is -0.556. The SMILES string of the molecule is Fc1cc(Br)cc(Cn2ccc3ccc(F)cc32)c1. The highest BCUT2D eigenvalue weighted by Crippen LogP contribution is 2.20. The molecule has 19 heavy (non-hydrogen) atoms. The van der Waals surface area contributed by atoms with Crippen LogP contribution in [0.2, 0.25) is 0 Å². The molecule has 0 radical (unpaired) electrons. The van der Waals surface area contributed by atoms with Crippen LogP contribution in [0.3, 0.4) is 0 Å². The van der Waals surface area contributed by atoms with Gasteiger partial charge in [-0.2, -0.15) is 0 Å². The van der Waals surface area contributed by atoms with Gasteiger partial charge in [0.25, 0.3) is 0 Å². The van der Waals surface area contributed by atoms with Crippen molar-refractivity contribution in [2.24, 2.45) is 0 Å². The zero-order chi connectivity index (χ0) is 13.4. The van der Waals surface area contributed by atoms with Gasteiger partial charge in [-0.05, 0) is 53.4 Å². The Labute approximate surface area is 117 Å². The molecule has 1 heterocycles. The van der Waals surface area contributed by atoms with Crippen LogP contribution < -0.4 is 0 Å². The zero-order valence-corrected chi connectivity index (χ0v) is 11.5. The number of hydrogen-bond acceptors (Lipinski definition) is 0. The molecule has 0 spiro atoms. The van der Waals surface area contributed by atoms with Crippen LogP contribution in [-0.4, -0.2) is 4.57 Å². The smallest absolute Gasteiger partial charge is 0.125 e. The molecule has 0 bridgehead atoms. The highest BCUT2D eigenvalue weighted by atomic mass is 79.9. The summed E-state index contributed by atoms with van der Waals surface area (Å²) in [5, 5.41) is 0.969. The van der Waals surface area contributed by atoms with E-state index in [2.05, 4.69) is 15.9 Å². The fourth-order valence-corrected chi connectivity index (χ4v) is 2.71. The number of nitrogens with zero attached hydrogens (tertiary/aromatic N) is 1. The molecule has 0 atom stereocenters. The van der Waals surface area contributed by atoms with Gasteiger partial charge < -0.3 is 4.57 Å². The van der Waals surface area contributed by atoms with Crippen LogP contribution in [0, 0.1) is 11.6 Å². The largest absolute Gasteiger partial charge is 0.343 e. The van der Waals surface area contributed by atoms with E-state index in [9.17, 15) is 8.78 Å². The minimum atomic E-state index is -0.285. The number of benzene rings is 2. The Morgan fingerprint density at radius 1 is 0.947 bits per heavy atom. The van der Waals surface area contributed by atoms with Crippen molar-refractivity contribution in [1.29, 1.82) is 0 Å². The van der Waals surface area contributed by atoms with Crippen molar-refractivity contribution in [3.8, 4) is 0 Å². The number of halogens is 3. The highest BCUT2D eigenvalue weighted by molar-refractivity contribution is 9.10. The molecule has 4 heteroatoms. The summed E-state index contributed by atoms with van der Waals surface area (Å²) in [6.45, 7) is 0.503. The quantitative estimate of drug-likeness (QED) is 0.643. The van der Waals surface area contributed by atoms with Crippen LogP contribution in [0.15, 0.2) is 53.1 Å². The minimum absolute atomic E-state index is 0.270. The fraction of sp³-hybridized carbons (Fsp3) is 0.0667. The lowest BCUT2D eigenvalue weighted by Crippen LogP contribution is -1.98. The van der Waals surface area contributed by atoms with Crippen LogP contribution >= 0.6 is 15.9 Å². The fourth-order valence-electron chi connectivity index (χ4n) is 2.19. The topological polar surface area (TPSA) is 4.93 Å². The van der Waals surface area contributed by atoms with E-state index >= 15 is 0 Å². The summed E-state index contributed by atoms with van der Waals surface area (Å²) < 4.78 is 29.2. The molecule has 0 unspecified atom stereocenters. The van der Waals surface area contributed by atoms with Gasteiger partial charge in [0.1, 0.15) is 11.6 Å². The molecule has 0 aliphatic carbocycles. The predicted molar refractivity (Wildman–Crippen MR) is 75.1 cm³/mol. The Bertz CT molecular complexity index is 729. The third-order valence-corrected chi connectivity index (χ3v) is 3.47. The van der Waals surface area contributed by atoms with Crippen molar-refractivity contribution in [3.05, 3.63) is 70.3 Å². The second kappa shape index (κ2) is 4.78. The number of aromatic nitrogens is 1. The molecule has 0 saturated carbocycles. The van der Waals surface area contributed by atoms with Crippen LogP contribution in [0.5, 0.6) is 0 Å². The van der Waals surface area contributed by atoms with E-state index in [1.54, 1.807) is 6.07 Å². The Kier molecular flexibility index (Phi) is 3.11. The van der Waals surface area contributed by atoms with Crippen molar-refractivity contribution in [1.82, 2.24) is 4.57 Å². The molecular weight excluding hydrogens is 312 g/mol. The highest BCUT2D eigenvalue weighted by Gasteiger charge is 2.05. The van der Waals surface area contributed by atoms with E-state index in [-0.39, 0.29) is 11.6 Å². The summed E-state index contributed by atoms with van der Waals surface area (Å²) in [5.41, 5.74) is 1.63. The molecule has 1 nitrogen and oxygen atoms in total. The van der Waals surface area contributed by atoms with E-state index in [0.717, 1.165) is 16.5 Å². The van der Waals surface area contributed by atoms with Gasteiger partial charge >= 0.3 is 0 Å². The molecule has 0 N–H and O–H groups in total. The first kappa shape index (κ1) is 12.4. The summed E-state index contributed by atoms with van der Waals surface area (Å²) in [4.78, 5) is 0. The van der Waals surface area contributed by atoms with Crippen molar-refractivity contribution in [3.63, 3.8) is 0 Å². The van der Waals surface area contributed by atoms with Gasteiger partial charge in [-0.25, -0.2) is 8.78 Å². The molecule has 1 aromatic heterocycles. The second-order valence-corrected chi connectivity index (χ2v) is 5.34. The molecule has 0 fully saturated rings. The lowest BCUT2D eigenvalue weighted by Gasteiger charge is -2.07. The molecule has 3 aromatic rings. The van der Waals surface area contributed by atoms with Crippen LogP contribution in [-0.2, 0) is 6.54 Å². The first-order chi connectivity index (χ1) is 9.11. The summed E-state index contributed by atoms with van der Waals surface area (Å²) >= 11 is 3.27. The molecule has 0 amide bonds. The summed E-state index contributed by atoms with van der Waals surface area (Å²) in [6, 6.07) is 11.3. The monoisotopic (exact) mass is 321 g/mol. The first-order valence-electron chi connectivity index (χ1n) is 5.81. The van der Waals surface area contributed by atoms with E-state index in [1.165, 1.54) is 24.3 Å². The average Bonchev–Trinajstić information content (AvgIpc) is 2.70. The Morgan fingerprint density at radius 3 is 2.58 bits per heavy atom. The van der Waals surface area contributed by atoms with Gasteiger partial charge in [0.05, 0.1) is 5.52 Å². The number of fused-ring (bicyclic) bond motifs is 1. The van der Waals surface area contributed by atoms with E-state index in [4.69, 9.17) is 0 Å². The van der Waals surface area contributed by atoms with E-state index in [0.29, 0.717) is 11.0 Å². The predicted octanol–water partition coefficient (Wildman–Crippen LogP) is 4.73. The molecule has 2 aromatic carbocycles. The van der Waals surface area contributed by atoms with Crippen molar-refractivity contribution in [2.75, 3.05) is 0 Å². The molecule has 0 aliphatic rings. The van der Waals surface area contributed by atoms with Gasteiger partial charge in [-0.15, -0.1) is 0 Å². The zero-order valence-electron chi connectivity index (χ0n) is 9.91. The van der Waals surface area contributed by atoms with E-state index < -0.39 is 0 Å². The maximum absolute atomic E-state index is 13.3. The third-order valence-electron chi connectivity index (χ3n) is 3.01. The lowest BCUT2D eigenvalue weighted by atomic mass is 10.2. The Hall–Kier alpha value is -1.68. The Balaban J connectivity index is 2.03. The van der Waals surface area contributed by atoms with Gasteiger partial charge in [0, 0.05) is 17.2 Å². The summed E-state index contributed by atoms with van der Waals surface area (Å²) in [6.07, 6.45) is 1.88. The maximum atomic E-state index is 13.3. The number of rotatable bonds is 2. The second-order valence-electron chi connectivity index (χ2n) is 4.42. The van der Waals surface area contributed by atoms with Crippen molar-refractivity contribution in [2.45, 2.75) is 6.54 Å². The van der Waals surface area contributed by atoms with Crippen molar-refractivity contribution < 1.29 is 8.78 Å². The van der Waals surface area contributed by atoms with Gasteiger partial charge in [0.2, 0.25) is 0 Å². The molecular formula is C15H10BrF2N.